The highest BCUT2D eigenvalue weighted by molar-refractivity contribution is 5.26. The number of alkyl halides is 3. The standard InChI is InChI=1S/C15H20F3N/c1-11(19-10-12-4-2-3-5-12)13-6-8-14(9-7-13)15(16,17)18/h6-9,11-12,19H,2-5,10H2,1H3. The van der Waals surface area contributed by atoms with Gasteiger partial charge in [0.2, 0.25) is 0 Å². The Kier molecular flexibility index (Phi) is 4.50. The molecule has 0 amide bonds. The van der Waals surface area contributed by atoms with Crippen LogP contribution in [0.2, 0.25) is 0 Å². The van der Waals surface area contributed by atoms with Gasteiger partial charge in [0, 0.05) is 6.04 Å². The molecule has 1 aliphatic carbocycles. The molecule has 0 saturated heterocycles. The van der Waals surface area contributed by atoms with Crippen LogP contribution in [0.3, 0.4) is 0 Å². The molecule has 0 bridgehead atoms. The highest BCUT2D eigenvalue weighted by Gasteiger charge is 2.30. The van der Waals surface area contributed by atoms with Gasteiger partial charge in [-0.2, -0.15) is 13.2 Å². The Labute approximate surface area is 112 Å². The highest BCUT2D eigenvalue weighted by atomic mass is 19.4. The number of hydrogen-bond acceptors (Lipinski definition) is 1. The first-order valence-electron chi connectivity index (χ1n) is 6.87. The predicted octanol–water partition coefficient (Wildman–Crippen LogP) is 4.55. The molecule has 1 aromatic carbocycles. The molecule has 0 radical (unpaired) electrons. The van der Waals surface area contributed by atoms with Crippen LogP contribution in [0.5, 0.6) is 0 Å². The number of nitrogens with one attached hydrogen (secondary N) is 1. The summed E-state index contributed by atoms with van der Waals surface area (Å²) in [7, 11) is 0. The Morgan fingerprint density at radius 3 is 2.26 bits per heavy atom. The third-order valence-electron chi connectivity index (χ3n) is 3.93. The van der Waals surface area contributed by atoms with E-state index in [0.717, 1.165) is 30.2 Å². The summed E-state index contributed by atoms with van der Waals surface area (Å²) in [5.41, 5.74) is 0.324. The van der Waals surface area contributed by atoms with Gasteiger partial charge in [0.25, 0.3) is 0 Å². The number of benzene rings is 1. The van der Waals surface area contributed by atoms with Crippen molar-refractivity contribution in [2.24, 2.45) is 5.92 Å². The van der Waals surface area contributed by atoms with Crippen LogP contribution in [0.15, 0.2) is 24.3 Å². The van der Waals surface area contributed by atoms with Crippen LogP contribution in [-0.2, 0) is 6.18 Å². The lowest BCUT2D eigenvalue weighted by Crippen LogP contribution is -2.24. The zero-order valence-electron chi connectivity index (χ0n) is 11.1. The van der Waals surface area contributed by atoms with Crippen molar-refractivity contribution in [2.75, 3.05) is 6.54 Å². The van der Waals surface area contributed by atoms with Crippen molar-refractivity contribution < 1.29 is 13.2 Å². The molecule has 1 aliphatic rings. The van der Waals surface area contributed by atoms with Crippen LogP contribution in [-0.4, -0.2) is 6.54 Å². The van der Waals surface area contributed by atoms with Crippen LogP contribution in [0.4, 0.5) is 13.2 Å². The van der Waals surface area contributed by atoms with E-state index >= 15 is 0 Å². The fourth-order valence-electron chi connectivity index (χ4n) is 2.64. The maximum absolute atomic E-state index is 12.5. The van der Waals surface area contributed by atoms with Crippen LogP contribution < -0.4 is 5.32 Å². The minimum absolute atomic E-state index is 0.0999. The largest absolute Gasteiger partial charge is 0.416 e. The van der Waals surface area contributed by atoms with Crippen molar-refractivity contribution in [1.29, 1.82) is 0 Å². The lowest BCUT2D eigenvalue weighted by Gasteiger charge is -2.18. The average molecular weight is 271 g/mol. The van der Waals surface area contributed by atoms with Crippen LogP contribution in [0, 0.1) is 5.92 Å². The summed E-state index contributed by atoms with van der Waals surface area (Å²) in [5.74, 6) is 0.733. The molecule has 1 unspecified atom stereocenters. The molecule has 0 aliphatic heterocycles. The molecule has 0 heterocycles. The van der Waals surface area contributed by atoms with Gasteiger partial charge in [0.05, 0.1) is 5.56 Å². The first kappa shape index (κ1) is 14.4. The molecule has 19 heavy (non-hydrogen) atoms. The van der Waals surface area contributed by atoms with Crippen molar-refractivity contribution in [2.45, 2.75) is 44.8 Å². The van der Waals surface area contributed by atoms with Crippen molar-refractivity contribution >= 4 is 0 Å². The average Bonchev–Trinajstić information content (AvgIpc) is 2.88. The third kappa shape index (κ3) is 3.96. The molecule has 2 rings (SSSR count). The third-order valence-corrected chi connectivity index (χ3v) is 3.93. The van der Waals surface area contributed by atoms with Gasteiger partial charge in [-0.3, -0.25) is 0 Å². The van der Waals surface area contributed by atoms with Gasteiger partial charge in [-0.15, -0.1) is 0 Å². The van der Waals surface area contributed by atoms with Crippen molar-refractivity contribution in [3.05, 3.63) is 35.4 Å². The molecular weight excluding hydrogens is 251 g/mol. The van der Waals surface area contributed by atoms with Crippen LogP contribution >= 0.6 is 0 Å². The molecule has 1 nitrogen and oxygen atoms in total. The molecule has 106 valence electrons. The van der Waals surface area contributed by atoms with Crippen LogP contribution in [0.1, 0.15) is 49.8 Å². The predicted molar refractivity (Wildman–Crippen MR) is 69.8 cm³/mol. The number of rotatable bonds is 4. The monoisotopic (exact) mass is 271 g/mol. The second-order valence-corrected chi connectivity index (χ2v) is 5.40. The molecule has 1 N–H and O–H groups in total. The lowest BCUT2D eigenvalue weighted by atomic mass is 10.0. The molecule has 0 aromatic heterocycles. The molecule has 1 atom stereocenters. The number of hydrogen-bond donors (Lipinski definition) is 1. The quantitative estimate of drug-likeness (QED) is 0.847. The summed E-state index contributed by atoms with van der Waals surface area (Å²) in [4.78, 5) is 0. The summed E-state index contributed by atoms with van der Waals surface area (Å²) in [5, 5.41) is 3.42. The normalized spacial score (nSPS) is 18.7. The minimum atomic E-state index is -4.25. The van der Waals surface area contributed by atoms with Gasteiger partial charge < -0.3 is 5.32 Å². The first-order chi connectivity index (χ1) is 8.97. The fraction of sp³-hybridized carbons (Fsp3) is 0.600. The van der Waals surface area contributed by atoms with Gasteiger partial charge in [0.15, 0.2) is 0 Å². The Bertz CT molecular complexity index is 391. The van der Waals surface area contributed by atoms with Gasteiger partial charge in [-0.25, -0.2) is 0 Å². The highest BCUT2D eigenvalue weighted by Crippen LogP contribution is 2.30. The molecule has 0 spiro atoms. The number of halogens is 3. The summed E-state index contributed by atoms with van der Waals surface area (Å²) in [6, 6.07) is 5.54. The van der Waals surface area contributed by atoms with E-state index in [-0.39, 0.29) is 6.04 Å². The molecule has 1 aromatic rings. The van der Waals surface area contributed by atoms with E-state index in [0.29, 0.717) is 0 Å². The van der Waals surface area contributed by atoms with Gasteiger partial charge in [-0.1, -0.05) is 25.0 Å². The molecule has 4 heteroatoms. The summed E-state index contributed by atoms with van der Waals surface area (Å²) >= 11 is 0. The lowest BCUT2D eigenvalue weighted by molar-refractivity contribution is -0.137. The summed E-state index contributed by atoms with van der Waals surface area (Å²) in [6.45, 7) is 2.96. The zero-order chi connectivity index (χ0) is 13.9. The van der Waals surface area contributed by atoms with E-state index in [2.05, 4.69) is 5.32 Å². The molecule has 1 fully saturated rings. The SMILES string of the molecule is CC(NCC1CCCC1)c1ccc(C(F)(F)F)cc1. The van der Waals surface area contributed by atoms with Gasteiger partial charge in [-0.05, 0) is 49.9 Å². The van der Waals surface area contributed by atoms with E-state index in [1.54, 1.807) is 12.1 Å². The second-order valence-electron chi connectivity index (χ2n) is 5.40. The Hall–Kier alpha value is -1.03. The maximum Gasteiger partial charge on any atom is 0.416 e. The van der Waals surface area contributed by atoms with Crippen molar-refractivity contribution in [1.82, 2.24) is 5.32 Å². The minimum Gasteiger partial charge on any atom is -0.310 e. The Morgan fingerprint density at radius 2 is 1.74 bits per heavy atom. The van der Waals surface area contributed by atoms with Crippen LogP contribution in [0.25, 0.3) is 0 Å². The van der Waals surface area contributed by atoms with E-state index in [9.17, 15) is 13.2 Å². The molecular formula is C15H20F3N. The molecule has 1 saturated carbocycles. The summed E-state index contributed by atoms with van der Waals surface area (Å²) in [6.07, 6.45) is 0.903. The fourth-order valence-corrected chi connectivity index (χ4v) is 2.64. The van der Waals surface area contributed by atoms with Crippen molar-refractivity contribution in [3.63, 3.8) is 0 Å². The summed E-state index contributed by atoms with van der Waals surface area (Å²) < 4.78 is 37.4. The van der Waals surface area contributed by atoms with Gasteiger partial charge >= 0.3 is 6.18 Å². The topological polar surface area (TPSA) is 12.0 Å². The smallest absolute Gasteiger partial charge is 0.310 e. The van der Waals surface area contributed by atoms with Gasteiger partial charge in [0.1, 0.15) is 0 Å². The van der Waals surface area contributed by atoms with E-state index < -0.39 is 11.7 Å². The maximum atomic E-state index is 12.5. The second kappa shape index (κ2) is 5.95. The Morgan fingerprint density at radius 1 is 1.16 bits per heavy atom. The van der Waals surface area contributed by atoms with Crippen molar-refractivity contribution in [3.8, 4) is 0 Å². The first-order valence-corrected chi connectivity index (χ1v) is 6.87. The van der Waals surface area contributed by atoms with E-state index in [1.165, 1.54) is 25.7 Å². The van der Waals surface area contributed by atoms with E-state index in [1.807, 2.05) is 6.92 Å². The Balaban J connectivity index is 1.89. The van der Waals surface area contributed by atoms with E-state index in [4.69, 9.17) is 0 Å². The zero-order valence-corrected chi connectivity index (χ0v) is 11.1.